The topological polar surface area (TPSA) is 38.8 Å². The Bertz CT molecular complexity index is 1240. The summed E-state index contributed by atoms with van der Waals surface area (Å²) < 4.78 is 0. The Hall–Kier alpha value is -4.15. The van der Waals surface area contributed by atoms with E-state index >= 15 is 0 Å². The highest BCUT2D eigenvalue weighted by molar-refractivity contribution is 5.82. The molecular formula is C31H29NO3. The van der Waals surface area contributed by atoms with Crippen molar-refractivity contribution < 1.29 is 14.6 Å². The first-order valence-electron chi connectivity index (χ1n) is 11.6. The summed E-state index contributed by atoms with van der Waals surface area (Å²) in [5.41, 5.74) is 5.19. The number of para-hydroxylation sites is 2. The zero-order valence-corrected chi connectivity index (χ0v) is 20.2. The molecule has 0 N–H and O–H groups in total. The number of rotatable bonds is 8. The fraction of sp³-hybridized carbons (Fsp3) is 0.129. The maximum absolute atomic E-state index is 11.4. The second kappa shape index (κ2) is 10.9. The highest BCUT2D eigenvalue weighted by Gasteiger charge is 2.15. The van der Waals surface area contributed by atoms with E-state index in [0.29, 0.717) is 11.3 Å². The van der Waals surface area contributed by atoms with Gasteiger partial charge >= 0.3 is 0 Å². The van der Waals surface area contributed by atoms with E-state index in [1.165, 1.54) is 0 Å². The third-order valence-electron chi connectivity index (χ3n) is 5.19. The lowest BCUT2D eigenvalue weighted by molar-refractivity contribution is -0.274. The molecule has 0 aliphatic rings. The lowest BCUT2D eigenvalue weighted by atomic mass is 10.1. The predicted molar refractivity (Wildman–Crippen MR) is 143 cm³/mol. The smallest absolute Gasteiger partial charge is 0.176 e. The molecule has 0 atom stereocenters. The van der Waals surface area contributed by atoms with Crippen molar-refractivity contribution in [2.24, 2.45) is 0 Å². The van der Waals surface area contributed by atoms with Crippen LogP contribution in [0.25, 0.3) is 12.2 Å². The van der Waals surface area contributed by atoms with E-state index in [-0.39, 0.29) is 0 Å². The van der Waals surface area contributed by atoms with Crippen molar-refractivity contribution in [1.29, 1.82) is 0 Å². The van der Waals surface area contributed by atoms with Gasteiger partial charge in [-0.1, -0.05) is 66.7 Å². The van der Waals surface area contributed by atoms with Crippen LogP contribution in [0.4, 0.5) is 17.1 Å². The quantitative estimate of drug-likeness (QED) is 0.114. The largest absolute Gasteiger partial charge is 0.336 e. The van der Waals surface area contributed by atoms with Gasteiger partial charge in [-0.2, -0.15) is 4.89 Å². The number of benzene rings is 4. The molecular weight excluding hydrogens is 434 g/mol. The van der Waals surface area contributed by atoms with Crippen LogP contribution in [-0.4, -0.2) is 11.9 Å². The monoisotopic (exact) mass is 463 g/mol. The van der Waals surface area contributed by atoms with Crippen molar-refractivity contribution in [3.63, 3.8) is 0 Å². The Morgan fingerprint density at radius 3 is 1.71 bits per heavy atom. The summed E-state index contributed by atoms with van der Waals surface area (Å²) >= 11 is 0. The first kappa shape index (κ1) is 24.0. The lowest BCUT2D eigenvalue weighted by Gasteiger charge is -2.25. The summed E-state index contributed by atoms with van der Waals surface area (Å²) in [7, 11) is 0. The third-order valence-corrected chi connectivity index (χ3v) is 5.19. The van der Waals surface area contributed by atoms with Gasteiger partial charge < -0.3 is 9.79 Å². The molecule has 4 heteroatoms. The molecule has 0 aliphatic carbocycles. The van der Waals surface area contributed by atoms with Gasteiger partial charge in [0.1, 0.15) is 5.60 Å². The summed E-state index contributed by atoms with van der Waals surface area (Å²) in [6.45, 7) is 5.66. The molecule has 0 spiro atoms. The molecule has 4 aromatic rings. The van der Waals surface area contributed by atoms with Crippen molar-refractivity contribution in [3.05, 3.63) is 120 Å². The predicted octanol–water partition coefficient (Wildman–Crippen LogP) is 8.25. The van der Waals surface area contributed by atoms with Crippen LogP contribution >= 0.6 is 0 Å². The van der Waals surface area contributed by atoms with Gasteiger partial charge in [0.25, 0.3) is 0 Å². The molecule has 0 aliphatic heterocycles. The molecule has 0 fully saturated rings. The Labute approximate surface area is 207 Å². The van der Waals surface area contributed by atoms with E-state index < -0.39 is 5.60 Å². The number of anilines is 3. The Morgan fingerprint density at radius 2 is 1.17 bits per heavy atom. The summed E-state index contributed by atoms with van der Waals surface area (Å²) in [6, 6.07) is 34.4. The summed E-state index contributed by atoms with van der Waals surface area (Å²) in [5.74, 6) is 0.397. The number of hydrogen-bond donors (Lipinski definition) is 0. The molecule has 0 amide bonds. The summed E-state index contributed by atoms with van der Waals surface area (Å²) in [6.07, 6.45) is 4.78. The van der Waals surface area contributed by atoms with Crippen LogP contribution in [0.2, 0.25) is 0 Å². The Morgan fingerprint density at radius 1 is 0.657 bits per heavy atom. The molecule has 0 saturated carbocycles. The molecule has 35 heavy (non-hydrogen) atoms. The molecule has 0 radical (unpaired) electrons. The maximum atomic E-state index is 11.4. The molecule has 176 valence electrons. The highest BCUT2D eigenvalue weighted by Crippen LogP contribution is 2.34. The van der Waals surface area contributed by atoms with Crippen molar-refractivity contribution in [2.45, 2.75) is 26.4 Å². The number of carbonyl (C=O) groups excluding carboxylic acids is 1. The van der Waals surface area contributed by atoms with E-state index in [2.05, 4.69) is 53.4 Å². The Kier molecular flexibility index (Phi) is 7.44. The van der Waals surface area contributed by atoms with Crippen LogP contribution in [0, 0.1) is 0 Å². The highest BCUT2D eigenvalue weighted by atomic mass is 17.2. The van der Waals surface area contributed by atoms with Gasteiger partial charge in [-0.05, 0) is 80.4 Å². The van der Waals surface area contributed by atoms with Gasteiger partial charge in [0.05, 0.1) is 5.56 Å². The normalized spacial score (nSPS) is 11.4. The number of hydrogen-bond acceptors (Lipinski definition) is 4. The van der Waals surface area contributed by atoms with Crippen molar-refractivity contribution in [3.8, 4) is 5.75 Å². The fourth-order valence-electron chi connectivity index (χ4n) is 3.52. The second-order valence-corrected chi connectivity index (χ2v) is 9.13. The minimum absolute atomic E-state index is 0.397. The van der Waals surface area contributed by atoms with Crippen LogP contribution in [0.3, 0.4) is 0 Å². The van der Waals surface area contributed by atoms with Gasteiger partial charge in [0.15, 0.2) is 12.0 Å². The second-order valence-electron chi connectivity index (χ2n) is 9.13. The van der Waals surface area contributed by atoms with Crippen LogP contribution < -0.4 is 9.79 Å². The molecule has 0 aromatic heterocycles. The molecule has 0 bridgehead atoms. The molecule has 4 rings (SSSR count). The van der Waals surface area contributed by atoms with Crippen LogP contribution in [0.1, 0.15) is 42.3 Å². The van der Waals surface area contributed by atoms with Gasteiger partial charge in [-0.3, -0.25) is 4.79 Å². The lowest BCUT2D eigenvalue weighted by Crippen LogP contribution is -2.21. The summed E-state index contributed by atoms with van der Waals surface area (Å²) in [5, 5.41) is 0. The van der Waals surface area contributed by atoms with E-state index in [4.69, 9.17) is 9.78 Å². The van der Waals surface area contributed by atoms with Gasteiger partial charge in [-0.25, -0.2) is 0 Å². The number of aldehydes is 1. The van der Waals surface area contributed by atoms with Crippen LogP contribution in [-0.2, 0) is 4.89 Å². The number of nitrogens with zero attached hydrogens (tertiary/aromatic N) is 1. The van der Waals surface area contributed by atoms with E-state index in [0.717, 1.165) is 34.5 Å². The standard InChI is InChI=1S/C31H29NO3/c1-31(2,3)35-34-30-22-25(16-19-26(30)23-33)15-14-24-17-20-29(21-18-24)32(27-10-6-4-7-11-27)28-12-8-5-9-13-28/h4-23H,1-3H3/b15-14+. The SMILES string of the molecule is CC(C)(C)OOc1cc(/C=C/c2ccc(N(c3ccccc3)c3ccccc3)cc2)ccc1C=O. The maximum Gasteiger partial charge on any atom is 0.176 e. The van der Waals surface area contributed by atoms with E-state index in [1.807, 2.05) is 75.4 Å². The van der Waals surface area contributed by atoms with Gasteiger partial charge in [0, 0.05) is 17.1 Å². The minimum Gasteiger partial charge on any atom is -0.336 e. The molecule has 0 heterocycles. The molecule has 4 aromatic carbocycles. The zero-order chi connectivity index (χ0) is 24.7. The Balaban J connectivity index is 1.56. The molecule has 4 nitrogen and oxygen atoms in total. The van der Waals surface area contributed by atoms with E-state index in [9.17, 15) is 4.79 Å². The van der Waals surface area contributed by atoms with Crippen molar-refractivity contribution >= 4 is 35.5 Å². The first-order valence-corrected chi connectivity index (χ1v) is 11.6. The van der Waals surface area contributed by atoms with Crippen molar-refractivity contribution in [2.75, 3.05) is 4.90 Å². The summed E-state index contributed by atoms with van der Waals surface area (Å²) in [4.78, 5) is 24.4. The molecule has 0 saturated heterocycles. The van der Waals surface area contributed by atoms with Crippen molar-refractivity contribution in [1.82, 2.24) is 0 Å². The van der Waals surface area contributed by atoms with Crippen LogP contribution in [0.15, 0.2) is 103 Å². The molecule has 0 unspecified atom stereocenters. The average molecular weight is 464 g/mol. The number of carbonyl (C=O) groups is 1. The van der Waals surface area contributed by atoms with Gasteiger partial charge in [0.2, 0.25) is 0 Å². The average Bonchev–Trinajstić information content (AvgIpc) is 2.88. The van der Waals surface area contributed by atoms with E-state index in [1.54, 1.807) is 12.1 Å². The zero-order valence-electron chi connectivity index (χ0n) is 20.2. The third kappa shape index (κ3) is 6.46. The fourth-order valence-corrected chi connectivity index (χ4v) is 3.52. The first-order chi connectivity index (χ1) is 16.9. The minimum atomic E-state index is -0.485. The van der Waals surface area contributed by atoms with Gasteiger partial charge in [-0.15, -0.1) is 0 Å². The van der Waals surface area contributed by atoms with Crippen LogP contribution in [0.5, 0.6) is 5.75 Å².